The van der Waals surface area contributed by atoms with Crippen LogP contribution in [-0.4, -0.2) is 47.3 Å². The van der Waals surface area contributed by atoms with E-state index in [9.17, 15) is 28.1 Å². The lowest BCUT2D eigenvalue weighted by atomic mass is 9.97. The van der Waals surface area contributed by atoms with Crippen molar-refractivity contribution in [3.8, 4) is 0 Å². The lowest BCUT2D eigenvalue weighted by Gasteiger charge is -2.22. The summed E-state index contributed by atoms with van der Waals surface area (Å²) in [7, 11) is -3.49. The summed E-state index contributed by atoms with van der Waals surface area (Å²) in [6.07, 6.45) is 1.18. The summed E-state index contributed by atoms with van der Waals surface area (Å²) in [4.78, 5) is 34.3. The molecule has 33 heavy (non-hydrogen) atoms. The Kier molecular flexibility index (Phi) is 7.07. The van der Waals surface area contributed by atoms with E-state index in [-0.39, 0.29) is 31.4 Å². The number of rotatable bonds is 9. The molecule has 174 valence electrons. The van der Waals surface area contributed by atoms with Crippen molar-refractivity contribution in [1.82, 2.24) is 5.01 Å². The van der Waals surface area contributed by atoms with Crippen LogP contribution in [0.3, 0.4) is 0 Å². The minimum Gasteiger partial charge on any atom is -0.481 e. The van der Waals surface area contributed by atoms with Crippen LogP contribution in [0.4, 0.5) is 11.4 Å². The number of carbonyl (C=O) groups is 2. The minimum atomic E-state index is -3.49. The molecule has 1 atom stereocenters. The maximum atomic E-state index is 12.9. The molecular formula is C21H22N4O7S. The number of nitrogens with one attached hydrogen (secondary N) is 1. The third kappa shape index (κ3) is 6.35. The smallest absolute Gasteiger partial charge is 0.303 e. The highest BCUT2D eigenvalue weighted by molar-refractivity contribution is 7.92. The SMILES string of the molecule is CS(=O)(=O)Nc1cccc(C2=NN(C(=O)CCCC(=O)O)[C@H](c3cccc([N+](=O)[O-])c3)C2)c1. The molecule has 0 bridgehead atoms. The summed E-state index contributed by atoms with van der Waals surface area (Å²) in [5.41, 5.74) is 1.80. The van der Waals surface area contributed by atoms with E-state index in [1.165, 1.54) is 23.2 Å². The summed E-state index contributed by atoms with van der Waals surface area (Å²) in [5.74, 6) is -1.42. The van der Waals surface area contributed by atoms with Crippen LogP contribution in [0.25, 0.3) is 0 Å². The van der Waals surface area contributed by atoms with Crippen molar-refractivity contribution >= 4 is 39.0 Å². The average molecular weight is 474 g/mol. The first-order chi connectivity index (χ1) is 15.5. The third-order valence-electron chi connectivity index (χ3n) is 4.91. The summed E-state index contributed by atoms with van der Waals surface area (Å²) >= 11 is 0. The van der Waals surface area contributed by atoms with E-state index in [1.807, 2.05) is 0 Å². The highest BCUT2D eigenvalue weighted by atomic mass is 32.2. The second-order valence-electron chi connectivity index (χ2n) is 7.56. The Morgan fingerprint density at radius 3 is 2.61 bits per heavy atom. The molecule has 0 spiro atoms. The lowest BCUT2D eigenvalue weighted by molar-refractivity contribution is -0.385. The summed E-state index contributed by atoms with van der Waals surface area (Å²) in [5, 5.41) is 25.7. The molecule has 0 saturated carbocycles. The number of hydrogen-bond donors (Lipinski definition) is 2. The first-order valence-corrected chi connectivity index (χ1v) is 11.9. The van der Waals surface area contributed by atoms with E-state index < -0.39 is 32.9 Å². The van der Waals surface area contributed by atoms with Gasteiger partial charge in [-0.1, -0.05) is 24.3 Å². The number of carbonyl (C=O) groups excluding carboxylic acids is 1. The number of sulfonamides is 1. The molecule has 0 aromatic heterocycles. The number of aliphatic carboxylic acids is 1. The van der Waals surface area contributed by atoms with Crippen molar-refractivity contribution < 1.29 is 28.0 Å². The average Bonchev–Trinajstić information content (AvgIpc) is 3.18. The Labute approximate surface area is 189 Å². The van der Waals surface area contributed by atoms with Crippen LogP contribution in [0.15, 0.2) is 53.6 Å². The van der Waals surface area contributed by atoms with E-state index in [4.69, 9.17) is 5.11 Å². The van der Waals surface area contributed by atoms with Crippen LogP contribution in [0.5, 0.6) is 0 Å². The molecule has 3 rings (SSSR count). The van der Waals surface area contributed by atoms with Gasteiger partial charge in [0.05, 0.1) is 22.9 Å². The number of non-ortho nitro benzene ring substituents is 1. The van der Waals surface area contributed by atoms with Gasteiger partial charge in [0.2, 0.25) is 15.9 Å². The zero-order valence-corrected chi connectivity index (χ0v) is 18.5. The van der Waals surface area contributed by atoms with E-state index in [1.54, 1.807) is 30.3 Å². The molecule has 1 aliphatic heterocycles. The Balaban J connectivity index is 1.93. The van der Waals surface area contributed by atoms with Crippen LogP contribution in [0.1, 0.15) is 42.9 Å². The van der Waals surface area contributed by atoms with Gasteiger partial charge >= 0.3 is 5.97 Å². The minimum absolute atomic E-state index is 0.0514. The van der Waals surface area contributed by atoms with Crippen molar-refractivity contribution in [2.75, 3.05) is 11.0 Å². The largest absolute Gasteiger partial charge is 0.481 e. The molecule has 0 aliphatic carbocycles. The monoisotopic (exact) mass is 474 g/mol. The van der Waals surface area contributed by atoms with Gasteiger partial charge in [-0.2, -0.15) is 5.10 Å². The number of hydrazone groups is 1. The van der Waals surface area contributed by atoms with Crippen LogP contribution in [0.2, 0.25) is 0 Å². The molecule has 2 aromatic rings. The van der Waals surface area contributed by atoms with Gasteiger partial charge in [-0.15, -0.1) is 0 Å². The van der Waals surface area contributed by atoms with Crippen LogP contribution in [-0.2, 0) is 19.6 Å². The van der Waals surface area contributed by atoms with Crippen molar-refractivity contribution in [2.45, 2.75) is 31.7 Å². The number of nitrogens with zero attached hydrogens (tertiary/aromatic N) is 3. The Morgan fingerprint density at radius 1 is 1.21 bits per heavy atom. The molecule has 1 aliphatic rings. The van der Waals surface area contributed by atoms with Crippen molar-refractivity contribution in [3.63, 3.8) is 0 Å². The number of carboxylic acids is 1. The number of nitro groups is 1. The molecule has 0 fully saturated rings. The zero-order valence-electron chi connectivity index (χ0n) is 17.7. The van der Waals surface area contributed by atoms with Crippen molar-refractivity contribution in [2.24, 2.45) is 5.10 Å². The predicted molar refractivity (Wildman–Crippen MR) is 120 cm³/mol. The van der Waals surface area contributed by atoms with Crippen LogP contribution in [0, 0.1) is 10.1 Å². The topological polar surface area (TPSA) is 159 Å². The molecule has 12 heteroatoms. The Bertz CT molecular complexity index is 1230. The number of anilines is 1. The number of carboxylic acid groups (broad SMARTS) is 1. The Morgan fingerprint density at radius 2 is 1.94 bits per heavy atom. The molecule has 0 unspecified atom stereocenters. The Hall–Kier alpha value is -3.80. The molecule has 2 N–H and O–H groups in total. The number of amides is 1. The van der Waals surface area contributed by atoms with Gasteiger partial charge < -0.3 is 5.11 Å². The van der Waals surface area contributed by atoms with E-state index in [0.29, 0.717) is 22.5 Å². The molecule has 1 heterocycles. The highest BCUT2D eigenvalue weighted by Crippen LogP contribution is 2.35. The van der Waals surface area contributed by atoms with Gasteiger partial charge in [-0.25, -0.2) is 13.4 Å². The summed E-state index contributed by atoms with van der Waals surface area (Å²) in [6, 6.07) is 11.8. The number of hydrogen-bond acceptors (Lipinski definition) is 7. The summed E-state index contributed by atoms with van der Waals surface area (Å²) in [6.45, 7) is 0. The molecule has 11 nitrogen and oxygen atoms in total. The normalized spacial score (nSPS) is 15.7. The van der Waals surface area contributed by atoms with Crippen LogP contribution >= 0.6 is 0 Å². The zero-order chi connectivity index (χ0) is 24.2. The summed E-state index contributed by atoms with van der Waals surface area (Å²) < 4.78 is 25.5. The second kappa shape index (κ2) is 9.77. The first kappa shape index (κ1) is 23.9. The van der Waals surface area contributed by atoms with Gasteiger partial charge in [0, 0.05) is 37.1 Å². The third-order valence-corrected chi connectivity index (χ3v) is 5.52. The van der Waals surface area contributed by atoms with Gasteiger partial charge in [-0.3, -0.25) is 24.4 Å². The van der Waals surface area contributed by atoms with E-state index in [2.05, 4.69) is 9.82 Å². The molecule has 2 aromatic carbocycles. The molecule has 0 saturated heterocycles. The standard InChI is InChI=1S/C21H22N4O7S/c1-33(31,32)23-16-7-2-5-14(11-16)18-13-19(15-6-3-8-17(12-15)25(29)30)24(22-18)20(26)9-4-10-21(27)28/h2-3,5-8,11-12,19,23H,4,9-10,13H2,1H3,(H,27,28)/t19-/m0/s1. The fourth-order valence-corrected chi connectivity index (χ4v) is 4.06. The van der Waals surface area contributed by atoms with Crippen molar-refractivity contribution in [3.05, 3.63) is 69.8 Å². The van der Waals surface area contributed by atoms with Gasteiger partial charge in [0.25, 0.3) is 5.69 Å². The van der Waals surface area contributed by atoms with E-state index >= 15 is 0 Å². The maximum Gasteiger partial charge on any atom is 0.303 e. The predicted octanol–water partition coefficient (Wildman–Crippen LogP) is 2.90. The van der Waals surface area contributed by atoms with Crippen molar-refractivity contribution in [1.29, 1.82) is 0 Å². The van der Waals surface area contributed by atoms with Crippen LogP contribution < -0.4 is 4.72 Å². The van der Waals surface area contributed by atoms with Gasteiger partial charge in [0.1, 0.15) is 0 Å². The lowest BCUT2D eigenvalue weighted by Crippen LogP contribution is -2.27. The number of benzene rings is 2. The molecule has 0 radical (unpaired) electrons. The van der Waals surface area contributed by atoms with Gasteiger partial charge in [0.15, 0.2) is 0 Å². The van der Waals surface area contributed by atoms with E-state index in [0.717, 1.165) is 6.26 Å². The molecule has 1 amide bonds. The fourth-order valence-electron chi connectivity index (χ4n) is 3.50. The maximum absolute atomic E-state index is 12.9. The fraction of sp³-hybridized carbons (Fsp3) is 0.286. The number of nitro benzene ring substituents is 1. The first-order valence-electron chi connectivity index (χ1n) is 9.97. The second-order valence-corrected chi connectivity index (χ2v) is 9.31. The quantitative estimate of drug-likeness (QED) is 0.417. The van der Waals surface area contributed by atoms with Gasteiger partial charge in [-0.05, 0) is 29.7 Å². The molecular weight excluding hydrogens is 452 g/mol. The highest BCUT2D eigenvalue weighted by Gasteiger charge is 2.33.